The smallest absolute Gasteiger partial charge is 0.0398 e. The molecule has 1 aliphatic carbocycles. The van der Waals surface area contributed by atoms with Crippen molar-refractivity contribution >= 4 is 27.3 Å². The number of hydrogen-bond acceptors (Lipinski definition) is 3. The summed E-state index contributed by atoms with van der Waals surface area (Å²) in [6, 6.07) is 2.56. The molecule has 2 nitrogen and oxygen atoms in total. The van der Waals surface area contributed by atoms with Crippen LogP contribution >= 0.6 is 27.3 Å². The second-order valence-electron chi connectivity index (χ2n) is 5.21. The van der Waals surface area contributed by atoms with Crippen LogP contribution in [0.1, 0.15) is 37.1 Å². The number of nitrogens with one attached hydrogen (secondary N) is 1. The van der Waals surface area contributed by atoms with Gasteiger partial charge in [0.05, 0.1) is 0 Å². The molecule has 96 valence electrons. The van der Waals surface area contributed by atoms with Gasteiger partial charge in [-0.2, -0.15) is 0 Å². The molecule has 1 atom stereocenters. The number of thiophene rings is 1. The van der Waals surface area contributed by atoms with Crippen molar-refractivity contribution in [3.63, 3.8) is 0 Å². The lowest BCUT2D eigenvalue weighted by atomic mass is 9.75. The third-order valence-electron chi connectivity index (χ3n) is 4.01. The zero-order chi connectivity index (χ0) is 12.5. The van der Waals surface area contributed by atoms with Crippen LogP contribution in [-0.4, -0.2) is 31.1 Å². The number of nitrogens with zero attached hydrogens (tertiary/aromatic N) is 1. The molecule has 1 saturated carbocycles. The van der Waals surface area contributed by atoms with Crippen LogP contribution in [0.5, 0.6) is 0 Å². The third-order valence-corrected chi connectivity index (χ3v) is 6.06. The molecule has 2 rings (SSSR count). The average Bonchev–Trinajstić information content (AvgIpc) is 2.62. The number of halogens is 1. The quantitative estimate of drug-likeness (QED) is 0.892. The van der Waals surface area contributed by atoms with Gasteiger partial charge in [-0.3, -0.25) is 0 Å². The Balaban J connectivity index is 1.92. The van der Waals surface area contributed by atoms with E-state index in [1.54, 1.807) is 0 Å². The van der Waals surface area contributed by atoms with Crippen LogP contribution < -0.4 is 5.32 Å². The summed E-state index contributed by atoms with van der Waals surface area (Å²) < 4.78 is 1.23. The molecule has 0 amide bonds. The van der Waals surface area contributed by atoms with Crippen molar-refractivity contribution < 1.29 is 0 Å². The molecule has 1 aliphatic rings. The maximum absolute atomic E-state index is 3.69. The molecule has 0 bridgehead atoms. The number of hydrogen-bond donors (Lipinski definition) is 1. The van der Waals surface area contributed by atoms with E-state index >= 15 is 0 Å². The van der Waals surface area contributed by atoms with E-state index in [2.05, 4.69) is 58.6 Å². The highest BCUT2D eigenvalue weighted by Crippen LogP contribution is 2.36. The summed E-state index contributed by atoms with van der Waals surface area (Å²) in [4.78, 5) is 3.79. The highest BCUT2D eigenvalue weighted by molar-refractivity contribution is 9.10. The first-order valence-electron chi connectivity index (χ1n) is 6.19. The monoisotopic (exact) mass is 316 g/mol. The van der Waals surface area contributed by atoms with Gasteiger partial charge in [0.15, 0.2) is 0 Å². The molecule has 0 radical (unpaired) electrons. The molecule has 0 aromatic carbocycles. The van der Waals surface area contributed by atoms with E-state index in [9.17, 15) is 0 Å². The molecule has 1 aromatic heterocycles. The van der Waals surface area contributed by atoms with Gasteiger partial charge >= 0.3 is 0 Å². The first-order valence-corrected chi connectivity index (χ1v) is 7.86. The minimum atomic E-state index is 0.401. The second-order valence-corrected chi connectivity index (χ2v) is 7.01. The van der Waals surface area contributed by atoms with Crippen molar-refractivity contribution in [2.24, 2.45) is 0 Å². The van der Waals surface area contributed by atoms with Gasteiger partial charge in [0, 0.05) is 27.5 Å². The Hall–Kier alpha value is 0.100. The van der Waals surface area contributed by atoms with Crippen LogP contribution in [0.3, 0.4) is 0 Å². The van der Waals surface area contributed by atoms with Gasteiger partial charge in [-0.15, -0.1) is 11.3 Å². The Morgan fingerprint density at radius 3 is 2.65 bits per heavy atom. The van der Waals surface area contributed by atoms with Crippen LogP contribution in [0.2, 0.25) is 0 Å². The van der Waals surface area contributed by atoms with E-state index in [1.165, 1.54) is 28.6 Å². The predicted molar refractivity (Wildman–Crippen MR) is 78.7 cm³/mol. The van der Waals surface area contributed by atoms with Gasteiger partial charge in [0.2, 0.25) is 0 Å². The van der Waals surface area contributed by atoms with Gasteiger partial charge in [-0.1, -0.05) is 0 Å². The minimum absolute atomic E-state index is 0.401. The number of rotatable bonds is 5. The van der Waals surface area contributed by atoms with Crippen LogP contribution in [0, 0.1) is 0 Å². The first-order chi connectivity index (χ1) is 8.05. The summed E-state index contributed by atoms with van der Waals surface area (Å²) in [5.74, 6) is 0. The van der Waals surface area contributed by atoms with Crippen molar-refractivity contribution in [1.29, 1.82) is 0 Å². The highest BCUT2D eigenvalue weighted by Gasteiger charge is 2.38. The van der Waals surface area contributed by atoms with Crippen molar-refractivity contribution in [3.05, 3.63) is 20.8 Å². The summed E-state index contributed by atoms with van der Waals surface area (Å²) >= 11 is 5.43. The third kappa shape index (κ3) is 2.75. The molecule has 1 fully saturated rings. The summed E-state index contributed by atoms with van der Waals surface area (Å²) in [6.45, 7) is 3.34. The molecule has 1 N–H and O–H groups in total. The number of likely N-dealkylation sites (N-methyl/N-ethyl adjacent to an activating group) is 1. The molecule has 0 spiro atoms. The standard InChI is InChI=1S/C13H21BrN2S/c1-10(12-11(14)5-8-17-12)15-9-13(16(2)3)6-4-7-13/h5,8,10,15H,4,6-7,9H2,1-3H3. The summed E-state index contributed by atoms with van der Waals surface area (Å²) in [7, 11) is 4.40. The Labute approximate surface area is 117 Å². The molecule has 4 heteroatoms. The van der Waals surface area contributed by atoms with Crippen molar-refractivity contribution in [1.82, 2.24) is 10.2 Å². The van der Waals surface area contributed by atoms with Crippen LogP contribution in [0.25, 0.3) is 0 Å². The van der Waals surface area contributed by atoms with E-state index in [-0.39, 0.29) is 0 Å². The van der Waals surface area contributed by atoms with Crippen LogP contribution in [-0.2, 0) is 0 Å². The van der Waals surface area contributed by atoms with Crippen molar-refractivity contribution in [2.75, 3.05) is 20.6 Å². The summed E-state index contributed by atoms with van der Waals surface area (Å²) in [5.41, 5.74) is 0.401. The fourth-order valence-corrected chi connectivity index (χ4v) is 4.17. The lowest BCUT2D eigenvalue weighted by Crippen LogP contribution is -2.56. The van der Waals surface area contributed by atoms with Crippen molar-refractivity contribution in [2.45, 2.75) is 37.8 Å². The predicted octanol–water partition coefficient (Wildman–Crippen LogP) is 3.65. The molecular formula is C13H21BrN2S. The van der Waals surface area contributed by atoms with Gasteiger partial charge in [-0.05, 0) is 67.7 Å². The van der Waals surface area contributed by atoms with E-state index in [0.29, 0.717) is 11.6 Å². The molecule has 0 saturated heterocycles. The minimum Gasteiger partial charge on any atom is -0.308 e. The van der Waals surface area contributed by atoms with E-state index in [0.717, 1.165) is 6.54 Å². The SMILES string of the molecule is CC(NCC1(N(C)C)CCC1)c1sccc1Br. The summed E-state index contributed by atoms with van der Waals surface area (Å²) in [6.07, 6.45) is 4.02. The lowest BCUT2D eigenvalue weighted by molar-refractivity contribution is 0.0577. The largest absolute Gasteiger partial charge is 0.308 e. The van der Waals surface area contributed by atoms with Crippen LogP contribution in [0.15, 0.2) is 15.9 Å². The van der Waals surface area contributed by atoms with E-state index in [4.69, 9.17) is 0 Å². The average molecular weight is 317 g/mol. The first kappa shape index (κ1) is 13.5. The van der Waals surface area contributed by atoms with Gasteiger partial charge in [0.1, 0.15) is 0 Å². The summed E-state index contributed by atoms with van der Waals surface area (Å²) in [5, 5.41) is 5.83. The molecule has 0 aliphatic heterocycles. The maximum atomic E-state index is 3.69. The normalized spacial score (nSPS) is 20.3. The second kappa shape index (κ2) is 5.39. The van der Waals surface area contributed by atoms with Crippen LogP contribution in [0.4, 0.5) is 0 Å². The molecular weight excluding hydrogens is 296 g/mol. The van der Waals surface area contributed by atoms with Crippen molar-refractivity contribution in [3.8, 4) is 0 Å². The Kier molecular flexibility index (Phi) is 4.29. The van der Waals surface area contributed by atoms with E-state index < -0.39 is 0 Å². The molecule has 17 heavy (non-hydrogen) atoms. The zero-order valence-electron chi connectivity index (χ0n) is 10.8. The lowest BCUT2D eigenvalue weighted by Gasteiger charge is -2.48. The Morgan fingerprint density at radius 1 is 1.53 bits per heavy atom. The zero-order valence-corrected chi connectivity index (χ0v) is 13.2. The van der Waals surface area contributed by atoms with E-state index in [1.807, 2.05) is 11.3 Å². The fraction of sp³-hybridized carbons (Fsp3) is 0.692. The van der Waals surface area contributed by atoms with Gasteiger partial charge in [-0.25, -0.2) is 0 Å². The topological polar surface area (TPSA) is 15.3 Å². The highest BCUT2D eigenvalue weighted by atomic mass is 79.9. The van der Waals surface area contributed by atoms with Gasteiger partial charge < -0.3 is 10.2 Å². The molecule has 1 aromatic rings. The Bertz CT molecular complexity index is 371. The van der Waals surface area contributed by atoms with Gasteiger partial charge in [0.25, 0.3) is 0 Å². The fourth-order valence-electron chi connectivity index (χ4n) is 2.42. The Morgan fingerprint density at radius 2 is 2.24 bits per heavy atom. The maximum Gasteiger partial charge on any atom is 0.0398 e. The molecule has 1 unspecified atom stereocenters. The molecule has 1 heterocycles.